The van der Waals surface area contributed by atoms with E-state index in [0.717, 1.165) is 29.1 Å². The normalized spacial score (nSPS) is 11.8. The van der Waals surface area contributed by atoms with Gasteiger partial charge in [0.05, 0.1) is 22.3 Å². The van der Waals surface area contributed by atoms with Gasteiger partial charge in [-0.15, -0.1) is 0 Å². The number of hydrogen-bond acceptors (Lipinski definition) is 4. The number of fused-ring (bicyclic) bond motifs is 1. The predicted molar refractivity (Wildman–Crippen MR) is 106 cm³/mol. The standard InChI is InChI=1S/C21H18F3N5/c1-12-7-8-17-18(9-12)27-20(29-14(3)10-13(2)28-29)19(26-17)25-16-6-4-5-15(11-16)21(22,23)24/h4-11H,1-3H3,(H,25,26). The number of anilines is 2. The summed E-state index contributed by atoms with van der Waals surface area (Å²) in [6, 6.07) is 12.5. The Bertz CT molecular complexity index is 1210. The lowest BCUT2D eigenvalue weighted by Gasteiger charge is -2.14. The van der Waals surface area contributed by atoms with Gasteiger partial charge in [0.25, 0.3) is 0 Å². The fraction of sp³-hybridized carbons (Fsp3) is 0.190. The first-order valence-corrected chi connectivity index (χ1v) is 8.97. The number of nitrogens with zero attached hydrogens (tertiary/aromatic N) is 4. The lowest BCUT2D eigenvalue weighted by atomic mass is 10.2. The molecule has 29 heavy (non-hydrogen) atoms. The Hall–Kier alpha value is -3.42. The molecule has 0 saturated heterocycles. The van der Waals surface area contributed by atoms with E-state index in [-0.39, 0.29) is 5.69 Å². The maximum atomic E-state index is 13.1. The Morgan fingerprint density at radius 2 is 1.69 bits per heavy atom. The predicted octanol–water partition coefficient (Wildman–Crippen LogP) is 5.50. The highest BCUT2D eigenvalue weighted by atomic mass is 19.4. The molecule has 0 amide bonds. The van der Waals surface area contributed by atoms with Gasteiger partial charge < -0.3 is 5.32 Å². The van der Waals surface area contributed by atoms with Crippen LogP contribution in [-0.2, 0) is 6.18 Å². The molecule has 5 nitrogen and oxygen atoms in total. The highest BCUT2D eigenvalue weighted by Crippen LogP contribution is 2.32. The van der Waals surface area contributed by atoms with Gasteiger partial charge in [-0.2, -0.15) is 18.3 Å². The number of hydrogen-bond donors (Lipinski definition) is 1. The summed E-state index contributed by atoms with van der Waals surface area (Å²) >= 11 is 0. The van der Waals surface area contributed by atoms with Crippen molar-refractivity contribution in [3.8, 4) is 5.82 Å². The topological polar surface area (TPSA) is 55.6 Å². The van der Waals surface area contributed by atoms with Gasteiger partial charge in [0, 0.05) is 11.4 Å². The Morgan fingerprint density at radius 1 is 0.897 bits per heavy atom. The molecule has 2 heterocycles. The Labute approximate surface area is 165 Å². The maximum absolute atomic E-state index is 13.1. The van der Waals surface area contributed by atoms with Crippen molar-refractivity contribution in [2.75, 3.05) is 5.32 Å². The fourth-order valence-electron chi connectivity index (χ4n) is 3.14. The van der Waals surface area contributed by atoms with Crippen molar-refractivity contribution >= 4 is 22.5 Å². The molecule has 0 bridgehead atoms. The first-order valence-electron chi connectivity index (χ1n) is 8.97. The molecule has 0 aliphatic heterocycles. The van der Waals surface area contributed by atoms with Crippen LogP contribution >= 0.6 is 0 Å². The highest BCUT2D eigenvalue weighted by molar-refractivity contribution is 5.80. The number of alkyl halides is 3. The van der Waals surface area contributed by atoms with Crippen LogP contribution in [0.4, 0.5) is 24.7 Å². The van der Waals surface area contributed by atoms with Gasteiger partial charge in [-0.3, -0.25) is 0 Å². The molecule has 0 unspecified atom stereocenters. The van der Waals surface area contributed by atoms with E-state index in [2.05, 4.69) is 15.4 Å². The second-order valence-corrected chi connectivity index (χ2v) is 6.93. The maximum Gasteiger partial charge on any atom is 0.416 e. The van der Waals surface area contributed by atoms with Crippen LogP contribution < -0.4 is 5.32 Å². The van der Waals surface area contributed by atoms with Crippen molar-refractivity contribution in [1.29, 1.82) is 0 Å². The van der Waals surface area contributed by atoms with Crippen molar-refractivity contribution in [3.63, 3.8) is 0 Å². The third kappa shape index (κ3) is 3.78. The smallest absolute Gasteiger partial charge is 0.337 e. The van der Waals surface area contributed by atoms with Crippen molar-refractivity contribution in [1.82, 2.24) is 19.7 Å². The van der Waals surface area contributed by atoms with E-state index in [1.54, 1.807) is 10.7 Å². The summed E-state index contributed by atoms with van der Waals surface area (Å²) in [5, 5.41) is 7.46. The largest absolute Gasteiger partial charge is 0.416 e. The van der Waals surface area contributed by atoms with Gasteiger partial charge in [0.1, 0.15) is 0 Å². The number of nitrogens with one attached hydrogen (secondary N) is 1. The number of aromatic nitrogens is 4. The lowest BCUT2D eigenvalue weighted by molar-refractivity contribution is -0.137. The summed E-state index contributed by atoms with van der Waals surface area (Å²) in [4.78, 5) is 9.32. The van der Waals surface area contributed by atoms with Crippen LogP contribution in [0.1, 0.15) is 22.5 Å². The van der Waals surface area contributed by atoms with E-state index < -0.39 is 11.7 Å². The zero-order valence-corrected chi connectivity index (χ0v) is 16.0. The first-order chi connectivity index (χ1) is 13.7. The van der Waals surface area contributed by atoms with Crippen LogP contribution in [0.15, 0.2) is 48.5 Å². The Balaban J connectivity index is 1.87. The third-order valence-electron chi connectivity index (χ3n) is 4.46. The minimum absolute atomic E-state index is 0.267. The van der Waals surface area contributed by atoms with Crippen molar-refractivity contribution in [2.24, 2.45) is 0 Å². The number of rotatable bonds is 3. The molecule has 148 valence electrons. The molecule has 8 heteroatoms. The van der Waals surface area contributed by atoms with Gasteiger partial charge in [-0.05, 0) is 62.7 Å². The van der Waals surface area contributed by atoms with Gasteiger partial charge >= 0.3 is 6.18 Å². The molecule has 2 aromatic heterocycles. The summed E-state index contributed by atoms with van der Waals surface area (Å²) in [5.41, 5.74) is 3.53. The second kappa shape index (κ2) is 6.88. The molecular weight excluding hydrogens is 379 g/mol. The molecule has 4 rings (SSSR count). The molecule has 1 N–H and O–H groups in total. The fourth-order valence-corrected chi connectivity index (χ4v) is 3.14. The zero-order chi connectivity index (χ0) is 20.8. The summed E-state index contributed by atoms with van der Waals surface area (Å²) < 4.78 is 40.9. The highest BCUT2D eigenvalue weighted by Gasteiger charge is 2.30. The lowest BCUT2D eigenvalue weighted by Crippen LogP contribution is -2.10. The molecule has 0 radical (unpaired) electrons. The third-order valence-corrected chi connectivity index (χ3v) is 4.46. The van der Waals surface area contributed by atoms with Gasteiger partial charge in [-0.25, -0.2) is 14.6 Å². The second-order valence-electron chi connectivity index (χ2n) is 6.93. The first kappa shape index (κ1) is 18.9. The number of benzene rings is 2. The van der Waals surface area contributed by atoms with E-state index >= 15 is 0 Å². The number of aryl methyl sites for hydroxylation is 3. The minimum atomic E-state index is -4.43. The van der Waals surface area contributed by atoms with Gasteiger partial charge in [0.2, 0.25) is 0 Å². The van der Waals surface area contributed by atoms with Gasteiger partial charge in [-0.1, -0.05) is 12.1 Å². The average Bonchev–Trinajstić information content (AvgIpc) is 2.99. The summed E-state index contributed by atoms with van der Waals surface area (Å²) in [6.07, 6.45) is -4.43. The van der Waals surface area contributed by atoms with Crippen molar-refractivity contribution in [2.45, 2.75) is 26.9 Å². The summed E-state index contributed by atoms with van der Waals surface area (Å²) in [5.74, 6) is 0.748. The quantitative estimate of drug-likeness (QED) is 0.496. The molecule has 0 spiro atoms. The van der Waals surface area contributed by atoms with Crippen LogP contribution in [0.25, 0.3) is 16.9 Å². The van der Waals surface area contributed by atoms with E-state index in [1.807, 2.05) is 45.0 Å². The molecule has 4 aromatic rings. The van der Waals surface area contributed by atoms with Crippen molar-refractivity contribution < 1.29 is 13.2 Å². The van der Waals surface area contributed by atoms with E-state index in [9.17, 15) is 13.2 Å². The van der Waals surface area contributed by atoms with Crippen LogP contribution in [0.3, 0.4) is 0 Å². The minimum Gasteiger partial charge on any atom is -0.337 e. The van der Waals surface area contributed by atoms with Crippen LogP contribution in [-0.4, -0.2) is 19.7 Å². The van der Waals surface area contributed by atoms with Crippen LogP contribution in [0, 0.1) is 20.8 Å². The molecule has 2 aromatic carbocycles. The SMILES string of the molecule is Cc1ccc2nc(Nc3cccc(C(F)(F)F)c3)c(-n3nc(C)cc3C)nc2c1. The van der Waals surface area contributed by atoms with E-state index in [1.165, 1.54) is 6.07 Å². The molecule has 0 aliphatic rings. The molecule has 0 saturated carbocycles. The summed E-state index contributed by atoms with van der Waals surface area (Å²) in [6.45, 7) is 5.71. The Kier molecular flexibility index (Phi) is 4.49. The van der Waals surface area contributed by atoms with Crippen molar-refractivity contribution in [3.05, 3.63) is 71.0 Å². The average molecular weight is 397 g/mol. The Morgan fingerprint density at radius 3 is 2.38 bits per heavy atom. The van der Waals surface area contributed by atoms with Crippen LogP contribution in [0.5, 0.6) is 0 Å². The van der Waals surface area contributed by atoms with Gasteiger partial charge in [0.15, 0.2) is 11.6 Å². The van der Waals surface area contributed by atoms with E-state index in [4.69, 9.17) is 4.98 Å². The molecule has 0 aliphatic carbocycles. The molecular formula is C21H18F3N5. The summed E-state index contributed by atoms with van der Waals surface area (Å²) in [7, 11) is 0. The zero-order valence-electron chi connectivity index (χ0n) is 16.0. The molecule has 0 atom stereocenters. The van der Waals surface area contributed by atoms with Crippen LogP contribution in [0.2, 0.25) is 0 Å². The van der Waals surface area contributed by atoms with E-state index in [0.29, 0.717) is 22.7 Å². The molecule has 0 fully saturated rings. The monoisotopic (exact) mass is 397 g/mol. The number of halogens is 3.